The van der Waals surface area contributed by atoms with Crippen molar-refractivity contribution in [2.24, 2.45) is 11.8 Å². The molecule has 1 aromatic carbocycles. The van der Waals surface area contributed by atoms with Gasteiger partial charge in [0.2, 0.25) is 5.88 Å². The molecule has 5 heteroatoms. The maximum atomic E-state index is 10.6. The van der Waals surface area contributed by atoms with Crippen LogP contribution >= 0.6 is 0 Å². The van der Waals surface area contributed by atoms with Crippen molar-refractivity contribution in [2.45, 2.75) is 58.1 Å². The molecule has 0 amide bonds. The lowest BCUT2D eigenvalue weighted by Gasteiger charge is -2.31. The molecule has 1 aromatic heterocycles. The Morgan fingerprint density at radius 3 is 2.65 bits per heavy atom. The predicted molar refractivity (Wildman–Crippen MR) is 126 cm³/mol. The molecule has 2 fully saturated rings. The largest absolute Gasteiger partial charge is 0.392 e. The van der Waals surface area contributed by atoms with Crippen LogP contribution in [0, 0.1) is 11.8 Å². The maximum Gasteiger partial charge on any atom is 0.232 e. The van der Waals surface area contributed by atoms with Crippen molar-refractivity contribution in [3.8, 4) is 11.3 Å². The fraction of sp³-hybridized carbons (Fsp3) is 0.577. The average molecular weight is 424 g/mol. The third-order valence-corrected chi connectivity index (χ3v) is 6.65. The summed E-state index contributed by atoms with van der Waals surface area (Å²) in [5.74, 6) is 2.45. The summed E-state index contributed by atoms with van der Waals surface area (Å²) in [4.78, 5) is 4.79. The summed E-state index contributed by atoms with van der Waals surface area (Å²) in [6.07, 6.45) is 8.12. The van der Waals surface area contributed by atoms with Crippen LogP contribution in [0.4, 0.5) is 5.88 Å². The summed E-state index contributed by atoms with van der Waals surface area (Å²) in [5, 5.41) is 15.1. The van der Waals surface area contributed by atoms with E-state index in [0.29, 0.717) is 6.54 Å². The highest BCUT2D eigenvalue weighted by atomic mass is 16.5. The van der Waals surface area contributed by atoms with E-state index in [-0.39, 0.29) is 6.10 Å². The first kappa shape index (κ1) is 22.1. The van der Waals surface area contributed by atoms with Gasteiger partial charge in [-0.1, -0.05) is 48.5 Å². The molecule has 31 heavy (non-hydrogen) atoms. The Bertz CT molecular complexity index is 822. The molecule has 1 saturated carbocycles. The van der Waals surface area contributed by atoms with Gasteiger partial charge in [0.05, 0.1) is 11.7 Å². The smallest absolute Gasteiger partial charge is 0.232 e. The Hall–Kier alpha value is -2.11. The van der Waals surface area contributed by atoms with Gasteiger partial charge in [-0.15, -0.1) is 6.58 Å². The lowest BCUT2D eigenvalue weighted by Crippen LogP contribution is -2.36. The molecule has 1 atom stereocenters. The fourth-order valence-corrected chi connectivity index (χ4v) is 4.52. The van der Waals surface area contributed by atoms with Crippen LogP contribution in [0.5, 0.6) is 0 Å². The van der Waals surface area contributed by atoms with Gasteiger partial charge in [-0.2, -0.15) is 0 Å². The molecule has 2 aromatic rings. The molecule has 2 aliphatic rings. The SMILES string of the molecule is C=CCCC(O)CN(Cc1c(-c2ccccc2)noc1N1CCC(C)CC1)CC1CC1. The van der Waals surface area contributed by atoms with Crippen LogP contribution < -0.4 is 4.90 Å². The zero-order chi connectivity index (χ0) is 21.6. The van der Waals surface area contributed by atoms with Gasteiger partial charge in [-0.3, -0.25) is 4.90 Å². The summed E-state index contributed by atoms with van der Waals surface area (Å²) in [5.41, 5.74) is 3.20. The number of rotatable bonds is 11. The van der Waals surface area contributed by atoms with Gasteiger partial charge in [0.25, 0.3) is 0 Å². The zero-order valence-corrected chi connectivity index (χ0v) is 18.9. The van der Waals surface area contributed by atoms with E-state index < -0.39 is 0 Å². The Labute approximate surface area is 186 Å². The van der Waals surface area contributed by atoms with Gasteiger partial charge >= 0.3 is 0 Å². The van der Waals surface area contributed by atoms with Crippen LogP contribution in [0.1, 0.15) is 51.0 Å². The van der Waals surface area contributed by atoms with Crippen LogP contribution in [-0.4, -0.2) is 47.4 Å². The van der Waals surface area contributed by atoms with Gasteiger partial charge in [0, 0.05) is 38.3 Å². The Morgan fingerprint density at radius 2 is 1.97 bits per heavy atom. The van der Waals surface area contributed by atoms with Gasteiger partial charge in [0.1, 0.15) is 5.69 Å². The summed E-state index contributed by atoms with van der Waals surface area (Å²) in [6.45, 7) is 10.6. The molecule has 2 heterocycles. The number of nitrogens with zero attached hydrogens (tertiary/aromatic N) is 3. The van der Waals surface area contributed by atoms with Gasteiger partial charge < -0.3 is 14.5 Å². The van der Waals surface area contributed by atoms with Crippen molar-refractivity contribution < 1.29 is 9.63 Å². The molecule has 4 rings (SSSR count). The molecule has 1 aliphatic carbocycles. The minimum absolute atomic E-state index is 0.337. The molecule has 0 radical (unpaired) electrons. The molecule has 1 aliphatic heterocycles. The standard InChI is InChI=1S/C26H37N3O2/c1-3-4-10-23(30)18-28(17-21-11-12-21)19-24-25(22-8-6-5-7-9-22)27-31-26(24)29-15-13-20(2)14-16-29/h3,5-9,20-21,23,30H,1,4,10-19H2,2H3. The Balaban J connectivity index is 1.59. The van der Waals surface area contributed by atoms with E-state index in [1.807, 2.05) is 12.1 Å². The second-order valence-corrected chi connectivity index (χ2v) is 9.51. The molecule has 0 spiro atoms. The number of aliphatic hydroxyl groups is 1. The molecular weight excluding hydrogens is 386 g/mol. The van der Waals surface area contributed by atoms with Crippen LogP contribution in [0.25, 0.3) is 11.3 Å². The van der Waals surface area contributed by atoms with E-state index in [4.69, 9.17) is 4.52 Å². The minimum Gasteiger partial charge on any atom is -0.392 e. The lowest BCUT2D eigenvalue weighted by atomic mass is 9.98. The number of aromatic nitrogens is 1. The van der Waals surface area contributed by atoms with Crippen LogP contribution in [-0.2, 0) is 6.54 Å². The molecule has 0 bridgehead atoms. The first-order chi connectivity index (χ1) is 15.1. The summed E-state index contributed by atoms with van der Waals surface area (Å²) in [7, 11) is 0. The number of allylic oxidation sites excluding steroid dienone is 1. The highest BCUT2D eigenvalue weighted by Crippen LogP contribution is 2.36. The Kier molecular flexibility index (Phi) is 7.46. The van der Waals surface area contributed by atoms with Crippen molar-refractivity contribution in [2.75, 3.05) is 31.1 Å². The third kappa shape index (κ3) is 5.98. The van der Waals surface area contributed by atoms with Crippen molar-refractivity contribution in [3.63, 3.8) is 0 Å². The highest BCUT2D eigenvalue weighted by Gasteiger charge is 2.30. The van der Waals surface area contributed by atoms with Gasteiger partial charge in [-0.05, 0) is 50.4 Å². The van der Waals surface area contributed by atoms with E-state index in [1.165, 1.54) is 25.7 Å². The monoisotopic (exact) mass is 423 g/mol. The predicted octanol–water partition coefficient (Wildman–Crippen LogP) is 5.12. The summed E-state index contributed by atoms with van der Waals surface area (Å²) >= 11 is 0. The highest BCUT2D eigenvalue weighted by molar-refractivity contribution is 5.68. The van der Waals surface area contributed by atoms with Gasteiger partial charge in [0.15, 0.2) is 0 Å². The van der Waals surface area contributed by atoms with Crippen molar-refractivity contribution in [1.82, 2.24) is 10.1 Å². The van der Waals surface area contributed by atoms with Crippen LogP contribution in [0.3, 0.4) is 0 Å². The molecule has 1 saturated heterocycles. The molecule has 1 N–H and O–H groups in total. The van der Waals surface area contributed by atoms with E-state index in [2.05, 4.69) is 52.7 Å². The van der Waals surface area contributed by atoms with Crippen molar-refractivity contribution in [3.05, 3.63) is 48.6 Å². The topological polar surface area (TPSA) is 52.7 Å². The maximum absolute atomic E-state index is 10.6. The Morgan fingerprint density at radius 1 is 1.23 bits per heavy atom. The second-order valence-electron chi connectivity index (χ2n) is 9.51. The summed E-state index contributed by atoms with van der Waals surface area (Å²) in [6, 6.07) is 10.3. The number of piperidine rings is 1. The number of aliphatic hydroxyl groups excluding tert-OH is 1. The van der Waals surface area contributed by atoms with E-state index >= 15 is 0 Å². The van der Waals surface area contributed by atoms with E-state index in [9.17, 15) is 5.11 Å². The van der Waals surface area contributed by atoms with Crippen molar-refractivity contribution in [1.29, 1.82) is 0 Å². The molecular formula is C26H37N3O2. The number of benzene rings is 1. The normalized spacial score (nSPS) is 18.5. The zero-order valence-electron chi connectivity index (χ0n) is 18.9. The van der Waals surface area contributed by atoms with E-state index in [1.54, 1.807) is 0 Å². The number of hydrogen-bond acceptors (Lipinski definition) is 5. The molecule has 5 nitrogen and oxygen atoms in total. The third-order valence-electron chi connectivity index (χ3n) is 6.65. The first-order valence-corrected chi connectivity index (χ1v) is 11.9. The van der Waals surface area contributed by atoms with Crippen LogP contribution in [0.2, 0.25) is 0 Å². The number of anilines is 1. The second kappa shape index (κ2) is 10.5. The summed E-state index contributed by atoms with van der Waals surface area (Å²) < 4.78 is 5.99. The lowest BCUT2D eigenvalue weighted by molar-refractivity contribution is 0.0996. The average Bonchev–Trinajstić information content (AvgIpc) is 3.50. The molecule has 168 valence electrons. The number of hydrogen-bond donors (Lipinski definition) is 1. The first-order valence-electron chi connectivity index (χ1n) is 11.9. The molecule has 1 unspecified atom stereocenters. The quantitative estimate of drug-likeness (QED) is 0.509. The fourth-order valence-electron chi connectivity index (χ4n) is 4.52. The van der Waals surface area contributed by atoms with E-state index in [0.717, 1.165) is 73.6 Å². The van der Waals surface area contributed by atoms with Gasteiger partial charge in [-0.25, -0.2) is 0 Å². The van der Waals surface area contributed by atoms with Crippen LogP contribution in [0.15, 0.2) is 47.5 Å². The minimum atomic E-state index is -0.337. The van der Waals surface area contributed by atoms with Crippen molar-refractivity contribution >= 4 is 5.88 Å².